The standard InChI is InChI=1S/C14H11NO3S/c1-8-12(14(16)17)19-13(15-8)10-6-9-4-2-3-5-11(9)18-7-10/h2-6H,7H2,1H3,(H,16,17). The molecule has 0 spiro atoms. The molecule has 1 aliphatic heterocycles. The zero-order valence-corrected chi connectivity index (χ0v) is 11.0. The van der Waals surface area contributed by atoms with E-state index in [9.17, 15) is 4.79 Å². The minimum absolute atomic E-state index is 0.287. The highest BCUT2D eigenvalue weighted by Gasteiger charge is 2.19. The molecule has 0 saturated carbocycles. The molecule has 2 heterocycles. The summed E-state index contributed by atoms with van der Waals surface area (Å²) in [5.74, 6) is -0.0861. The Morgan fingerprint density at radius 2 is 2.21 bits per heavy atom. The average molecular weight is 273 g/mol. The number of carbonyl (C=O) groups is 1. The number of aromatic nitrogens is 1. The first-order chi connectivity index (χ1) is 9.15. The number of nitrogens with zero attached hydrogens (tertiary/aromatic N) is 1. The normalized spacial score (nSPS) is 13.4. The third-order valence-corrected chi connectivity index (χ3v) is 4.12. The van der Waals surface area contributed by atoms with E-state index in [-0.39, 0.29) is 4.88 Å². The molecule has 0 aliphatic carbocycles. The molecule has 19 heavy (non-hydrogen) atoms. The smallest absolute Gasteiger partial charge is 0.347 e. The third kappa shape index (κ3) is 2.13. The Morgan fingerprint density at radius 3 is 2.95 bits per heavy atom. The molecule has 0 unspecified atom stereocenters. The monoisotopic (exact) mass is 273 g/mol. The summed E-state index contributed by atoms with van der Waals surface area (Å²) in [6.07, 6.45) is 2.00. The first kappa shape index (κ1) is 11.9. The van der Waals surface area contributed by atoms with Crippen molar-refractivity contribution in [2.75, 3.05) is 6.61 Å². The SMILES string of the molecule is Cc1nc(C2=Cc3ccccc3OC2)sc1C(=O)O. The van der Waals surface area contributed by atoms with Crippen LogP contribution < -0.4 is 4.74 Å². The number of rotatable bonds is 2. The minimum Gasteiger partial charge on any atom is -0.488 e. The fourth-order valence-corrected chi connectivity index (χ4v) is 2.88. The van der Waals surface area contributed by atoms with E-state index in [4.69, 9.17) is 9.84 Å². The number of para-hydroxylation sites is 1. The van der Waals surface area contributed by atoms with Gasteiger partial charge >= 0.3 is 5.97 Å². The van der Waals surface area contributed by atoms with Crippen LogP contribution in [-0.4, -0.2) is 22.7 Å². The Balaban J connectivity index is 2.02. The molecule has 0 atom stereocenters. The number of thiazole rings is 1. The van der Waals surface area contributed by atoms with Gasteiger partial charge in [0, 0.05) is 11.1 Å². The van der Waals surface area contributed by atoms with E-state index in [0.717, 1.165) is 16.9 Å². The van der Waals surface area contributed by atoms with E-state index >= 15 is 0 Å². The lowest BCUT2D eigenvalue weighted by atomic mass is 10.1. The van der Waals surface area contributed by atoms with Gasteiger partial charge in [-0.2, -0.15) is 0 Å². The minimum atomic E-state index is -0.932. The summed E-state index contributed by atoms with van der Waals surface area (Å²) in [5, 5.41) is 9.77. The molecule has 5 heteroatoms. The van der Waals surface area contributed by atoms with Crippen molar-refractivity contribution >= 4 is 29.0 Å². The molecule has 1 aromatic carbocycles. The van der Waals surface area contributed by atoms with E-state index in [0.29, 0.717) is 17.3 Å². The van der Waals surface area contributed by atoms with E-state index in [1.165, 1.54) is 11.3 Å². The van der Waals surface area contributed by atoms with E-state index in [2.05, 4.69) is 4.98 Å². The quantitative estimate of drug-likeness (QED) is 0.913. The van der Waals surface area contributed by atoms with Crippen LogP contribution in [0.2, 0.25) is 0 Å². The Morgan fingerprint density at radius 1 is 1.42 bits per heavy atom. The summed E-state index contributed by atoms with van der Waals surface area (Å²) in [6, 6.07) is 7.75. The highest BCUT2D eigenvalue weighted by atomic mass is 32.1. The van der Waals surface area contributed by atoms with Crippen molar-refractivity contribution in [3.63, 3.8) is 0 Å². The topological polar surface area (TPSA) is 59.4 Å². The van der Waals surface area contributed by atoms with Gasteiger partial charge in [0.1, 0.15) is 22.2 Å². The second kappa shape index (κ2) is 4.51. The maximum atomic E-state index is 11.0. The molecule has 0 fully saturated rings. The Labute approximate surface area is 114 Å². The molecule has 4 nitrogen and oxygen atoms in total. The lowest BCUT2D eigenvalue weighted by molar-refractivity contribution is 0.0701. The van der Waals surface area contributed by atoms with Crippen LogP contribution in [0.1, 0.15) is 25.9 Å². The van der Waals surface area contributed by atoms with Crippen LogP contribution in [0.4, 0.5) is 0 Å². The maximum absolute atomic E-state index is 11.0. The summed E-state index contributed by atoms with van der Waals surface area (Å²) in [5.41, 5.74) is 2.46. The van der Waals surface area contributed by atoms with Gasteiger partial charge in [-0.3, -0.25) is 0 Å². The third-order valence-electron chi connectivity index (χ3n) is 2.90. The van der Waals surface area contributed by atoms with Crippen LogP contribution in [0.3, 0.4) is 0 Å². The van der Waals surface area contributed by atoms with E-state index in [1.54, 1.807) is 6.92 Å². The summed E-state index contributed by atoms with van der Waals surface area (Å²) < 4.78 is 5.65. The van der Waals surface area contributed by atoms with Crippen LogP contribution in [0.25, 0.3) is 11.6 Å². The van der Waals surface area contributed by atoms with Gasteiger partial charge in [0.15, 0.2) is 0 Å². The van der Waals surface area contributed by atoms with Crippen molar-refractivity contribution in [1.29, 1.82) is 0 Å². The Bertz CT molecular complexity index is 688. The fraction of sp³-hybridized carbons (Fsp3) is 0.143. The van der Waals surface area contributed by atoms with Gasteiger partial charge < -0.3 is 9.84 Å². The maximum Gasteiger partial charge on any atom is 0.347 e. The number of ether oxygens (including phenoxy) is 1. The Hall–Kier alpha value is -2.14. The molecule has 1 N–H and O–H groups in total. The molecule has 0 saturated heterocycles. The molecule has 0 bridgehead atoms. The first-order valence-corrected chi connectivity index (χ1v) is 6.60. The van der Waals surface area contributed by atoms with E-state index in [1.807, 2.05) is 30.3 Å². The number of carboxylic acid groups (broad SMARTS) is 1. The number of benzene rings is 1. The molecule has 1 aliphatic rings. The van der Waals surface area contributed by atoms with Gasteiger partial charge in [-0.15, -0.1) is 11.3 Å². The molecule has 96 valence electrons. The highest BCUT2D eigenvalue weighted by Crippen LogP contribution is 2.32. The van der Waals surface area contributed by atoms with Gasteiger partial charge in [-0.05, 0) is 19.1 Å². The average Bonchev–Trinajstić information content (AvgIpc) is 2.80. The van der Waals surface area contributed by atoms with Crippen molar-refractivity contribution in [3.05, 3.63) is 45.4 Å². The van der Waals surface area contributed by atoms with Crippen molar-refractivity contribution in [3.8, 4) is 5.75 Å². The van der Waals surface area contributed by atoms with Gasteiger partial charge in [-0.1, -0.05) is 18.2 Å². The number of carboxylic acids is 1. The lowest BCUT2D eigenvalue weighted by Crippen LogP contribution is -2.06. The summed E-state index contributed by atoms with van der Waals surface area (Å²) in [4.78, 5) is 15.6. The summed E-state index contributed by atoms with van der Waals surface area (Å²) >= 11 is 1.19. The summed E-state index contributed by atoms with van der Waals surface area (Å²) in [7, 11) is 0. The fourth-order valence-electron chi connectivity index (χ4n) is 1.97. The van der Waals surface area contributed by atoms with E-state index < -0.39 is 5.97 Å². The second-order valence-corrected chi connectivity index (χ2v) is 5.23. The first-order valence-electron chi connectivity index (χ1n) is 5.78. The number of aryl methyl sites for hydroxylation is 1. The van der Waals surface area contributed by atoms with Crippen LogP contribution in [0, 0.1) is 6.92 Å². The van der Waals surface area contributed by atoms with Gasteiger partial charge in [0.25, 0.3) is 0 Å². The molecule has 2 aromatic rings. The highest BCUT2D eigenvalue weighted by molar-refractivity contribution is 7.14. The molecular weight excluding hydrogens is 262 g/mol. The van der Waals surface area contributed by atoms with Crippen LogP contribution >= 0.6 is 11.3 Å². The Kier molecular flexibility index (Phi) is 2.83. The predicted octanol–water partition coefficient (Wildman–Crippen LogP) is 3.08. The van der Waals surface area contributed by atoms with Gasteiger partial charge in [0.2, 0.25) is 0 Å². The molecule has 3 rings (SSSR count). The molecule has 1 aromatic heterocycles. The zero-order valence-electron chi connectivity index (χ0n) is 10.2. The second-order valence-electron chi connectivity index (χ2n) is 4.23. The molecular formula is C14H11NO3S. The van der Waals surface area contributed by atoms with Crippen LogP contribution in [-0.2, 0) is 0 Å². The number of hydrogen-bond donors (Lipinski definition) is 1. The van der Waals surface area contributed by atoms with Crippen molar-refractivity contribution in [2.24, 2.45) is 0 Å². The van der Waals surface area contributed by atoms with Crippen LogP contribution in [0.15, 0.2) is 24.3 Å². The number of aromatic carboxylic acids is 1. The van der Waals surface area contributed by atoms with Gasteiger partial charge in [0.05, 0.1) is 5.69 Å². The van der Waals surface area contributed by atoms with Crippen molar-refractivity contribution < 1.29 is 14.6 Å². The molecule has 0 radical (unpaired) electrons. The summed E-state index contributed by atoms with van der Waals surface area (Å²) in [6.45, 7) is 2.13. The van der Waals surface area contributed by atoms with Crippen molar-refractivity contribution in [2.45, 2.75) is 6.92 Å². The zero-order chi connectivity index (χ0) is 13.4. The lowest BCUT2D eigenvalue weighted by Gasteiger charge is -2.16. The largest absolute Gasteiger partial charge is 0.488 e. The predicted molar refractivity (Wildman–Crippen MR) is 73.6 cm³/mol. The van der Waals surface area contributed by atoms with Crippen LogP contribution in [0.5, 0.6) is 5.75 Å². The number of hydrogen-bond acceptors (Lipinski definition) is 4. The molecule has 0 amide bonds. The number of fused-ring (bicyclic) bond motifs is 1. The van der Waals surface area contributed by atoms with Crippen molar-refractivity contribution in [1.82, 2.24) is 4.98 Å². The van der Waals surface area contributed by atoms with Gasteiger partial charge in [-0.25, -0.2) is 9.78 Å².